The van der Waals surface area contributed by atoms with Crippen LogP contribution in [0.2, 0.25) is 0 Å². The topological polar surface area (TPSA) is 179 Å². The Morgan fingerprint density at radius 1 is 0.622 bits per heavy atom. The van der Waals surface area contributed by atoms with E-state index in [2.05, 4.69) is 0 Å². The molecule has 0 aliphatic carbocycles. The normalized spacial score (nSPS) is 10.3. The van der Waals surface area contributed by atoms with Crippen LogP contribution >= 0.6 is 0 Å². The number of benzene rings is 3. The summed E-state index contributed by atoms with van der Waals surface area (Å²) in [5.74, 6) is -1.79. The summed E-state index contributed by atoms with van der Waals surface area (Å²) in [6.45, 7) is 0. The molecule has 0 heterocycles. The molecule has 0 amide bonds. The standard InChI is InChI=1S/C23H20N2O12/c1-32-17-8-15(9-18(33-2)21(17)24(28)29)36-13-5-12(23(26)27)6-14(7-13)37-16-10-19(34-3)22(25(30)31)20(11-16)35-4/h5-11H,1-4H3,(H,26,27). The van der Waals surface area contributed by atoms with Crippen molar-refractivity contribution in [3.05, 3.63) is 68.3 Å². The van der Waals surface area contributed by atoms with Gasteiger partial charge < -0.3 is 33.5 Å². The van der Waals surface area contributed by atoms with Crippen molar-refractivity contribution >= 4 is 17.3 Å². The van der Waals surface area contributed by atoms with Crippen molar-refractivity contribution < 1.29 is 48.2 Å². The Hall–Kier alpha value is -5.27. The van der Waals surface area contributed by atoms with Crippen molar-refractivity contribution in [3.8, 4) is 46.0 Å². The van der Waals surface area contributed by atoms with Gasteiger partial charge in [0.2, 0.25) is 23.0 Å². The van der Waals surface area contributed by atoms with Crippen LogP contribution in [0.15, 0.2) is 42.5 Å². The number of hydrogen-bond donors (Lipinski definition) is 1. The molecule has 14 heteroatoms. The zero-order chi connectivity index (χ0) is 27.3. The van der Waals surface area contributed by atoms with Crippen LogP contribution in [0.25, 0.3) is 0 Å². The van der Waals surface area contributed by atoms with Gasteiger partial charge in [-0.15, -0.1) is 0 Å². The minimum atomic E-state index is -1.30. The van der Waals surface area contributed by atoms with Gasteiger partial charge >= 0.3 is 17.3 Å². The van der Waals surface area contributed by atoms with Crippen LogP contribution in [0.3, 0.4) is 0 Å². The Morgan fingerprint density at radius 3 is 1.16 bits per heavy atom. The molecule has 0 unspecified atom stereocenters. The highest BCUT2D eigenvalue weighted by Gasteiger charge is 2.26. The van der Waals surface area contributed by atoms with E-state index >= 15 is 0 Å². The van der Waals surface area contributed by atoms with Crippen LogP contribution in [-0.4, -0.2) is 49.4 Å². The number of rotatable bonds is 11. The molecule has 37 heavy (non-hydrogen) atoms. The molecule has 0 spiro atoms. The lowest BCUT2D eigenvalue weighted by Gasteiger charge is -2.14. The van der Waals surface area contributed by atoms with Crippen LogP contribution < -0.4 is 28.4 Å². The third-order valence-corrected chi connectivity index (χ3v) is 4.87. The first-order valence-electron chi connectivity index (χ1n) is 10.2. The maximum atomic E-state index is 11.7. The summed E-state index contributed by atoms with van der Waals surface area (Å²) in [5.41, 5.74) is -1.04. The highest BCUT2D eigenvalue weighted by Crippen LogP contribution is 2.44. The molecule has 1 N–H and O–H groups in total. The van der Waals surface area contributed by atoms with Gasteiger partial charge in [-0.3, -0.25) is 20.2 Å². The maximum absolute atomic E-state index is 11.7. The lowest BCUT2D eigenvalue weighted by molar-refractivity contribution is -0.386. The molecule has 0 saturated heterocycles. The molecule has 0 radical (unpaired) electrons. The molecule has 0 atom stereocenters. The van der Waals surface area contributed by atoms with Gasteiger partial charge in [0.15, 0.2) is 0 Å². The Kier molecular flexibility index (Phi) is 7.82. The van der Waals surface area contributed by atoms with Crippen molar-refractivity contribution in [2.45, 2.75) is 0 Å². The molecule has 0 aliphatic heterocycles. The van der Waals surface area contributed by atoms with E-state index in [4.69, 9.17) is 28.4 Å². The number of nitro groups is 2. The fourth-order valence-electron chi connectivity index (χ4n) is 3.30. The number of methoxy groups -OCH3 is 4. The van der Waals surface area contributed by atoms with Crippen LogP contribution in [-0.2, 0) is 0 Å². The smallest absolute Gasteiger partial charge is 0.352 e. The van der Waals surface area contributed by atoms with Gasteiger partial charge in [0.05, 0.1) is 43.8 Å². The fourth-order valence-corrected chi connectivity index (χ4v) is 3.30. The molecule has 194 valence electrons. The Balaban J connectivity index is 2.04. The number of nitrogens with zero attached hydrogens (tertiary/aromatic N) is 2. The molecule has 3 rings (SSSR count). The van der Waals surface area contributed by atoms with E-state index in [1.54, 1.807) is 0 Å². The zero-order valence-corrected chi connectivity index (χ0v) is 19.9. The van der Waals surface area contributed by atoms with E-state index in [9.17, 15) is 30.1 Å². The maximum Gasteiger partial charge on any atom is 0.352 e. The largest absolute Gasteiger partial charge is 0.490 e. The summed E-state index contributed by atoms with van der Waals surface area (Å²) in [4.78, 5) is 33.1. The first kappa shape index (κ1) is 26.3. The lowest BCUT2D eigenvalue weighted by Crippen LogP contribution is -2.01. The molecule has 0 aromatic heterocycles. The number of hydrogen-bond acceptors (Lipinski definition) is 11. The van der Waals surface area contributed by atoms with Gasteiger partial charge in [-0.1, -0.05) is 0 Å². The van der Waals surface area contributed by atoms with Gasteiger partial charge in [0.25, 0.3) is 0 Å². The summed E-state index contributed by atoms with van der Waals surface area (Å²) in [5, 5.41) is 32.3. The first-order chi connectivity index (χ1) is 17.6. The third kappa shape index (κ3) is 5.70. The van der Waals surface area contributed by atoms with E-state index in [1.165, 1.54) is 70.9 Å². The SMILES string of the molecule is COc1cc(Oc2cc(Oc3cc(OC)c([N+](=O)[O-])c(OC)c3)cc(C(=O)O)c2)cc(OC)c1[N+](=O)[O-]. The summed E-state index contributed by atoms with van der Waals surface area (Å²) in [6, 6.07) is 8.69. The van der Waals surface area contributed by atoms with Crippen molar-refractivity contribution in [3.63, 3.8) is 0 Å². The van der Waals surface area contributed by atoms with Crippen LogP contribution in [0, 0.1) is 20.2 Å². The summed E-state index contributed by atoms with van der Waals surface area (Å²) < 4.78 is 31.8. The van der Waals surface area contributed by atoms with Crippen molar-refractivity contribution in [1.82, 2.24) is 0 Å². The molecule has 3 aromatic rings. The van der Waals surface area contributed by atoms with Crippen molar-refractivity contribution in [2.75, 3.05) is 28.4 Å². The van der Waals surface area contributed by atoms with Gasteiger partial charge in [-0.2, -0.15) is 0 Å². The van der Waals surface area contributed by atoms with Crippen LogP contribution in [0.1, 0.15) is 10.4 Å². The second kappa shape index (κ2) is 11.0. The predicted octanol–water partition coefficient (Wildman–Crippen LogP) is 4.82. The highest BCUT2D eigenvalue weighted by molar-refractivity contribution is 5.88. The summed E-state index contributed by atoms with van der Waals surface area (Å²) in [7, 11) is 4.93. The predicted molar refractivity (Wildman–Crippen MR) is 126 cm³/mol. The Morgan fingerprint density at radius 2 is 0.919 bits per heavy atom. The molecule has 0 aliphatic rings. The number of aromatic carboxylic acids is 1. The minimum Gasteiger partial charge on any atom is -0.490 e. The molecule has 3 aromatic carbocycles. The molecular formula is C23H20N2O12. The summed E-state index contributed by atoms with van der Waals surface area (Å²) >= 11 is 0. The molecule has 14 nitrogen and oxygen atoms in total. The number of ether oxygens (including phenoxy) is 6. The number of nitro benzene ring substituents is 2. The van der Waals surface area contributed by atoms with Gasteiger partial charge in [-0.05, 0) is 12.1 Å². The zero-order valence-electron chi connectivity index (χ0n) is 19.9. The van der Waals surface area contributed by atoms with E-state index in [1.807, 2.05) is 0 Å². The molecule has 0 fully saturated rings. The van der Waals surface area contributed by atoms with E-state index in [0.29, 0.717) is 0 Å². The number of carboxylic acid groups (broad SMARTS) is 1. The van der Waals surface area contributed by atoms with E-state index in [0.717, 1.165) is 0 Å². The Bertz CT molecular complexity index is 1230. The molecule has 0 bridgehead atoms. The average Bonchev–Trinajstić information content (AvgIpc) is 2.86. The first-order valence-corrected chi connectivity index (χ1v) is 10.2. The van der Waals surface area contributed by atoms with Crippen LogP contribution in [0.4, 0.5) is 11.4 Å². The van der Waals surface area contributed by atoms with Gasteiger partial charge in [-0.25, -0.2) is 4.79 Å². The van der Waals surface area contributed by atoms with Gasteiger partial charge in [0.1, 0.15) is 23.0 Å². The number of carboxylic acids is 1. The lowest BCUT2D eigenvalue weighted by atomic mass is 10.2. The third-order valence-electron chi connectivity index (χ3n) is 4.87. The highest BCUT2D eigenvalue weighted by atomic mass is 16.6. The quantitative estimate of drug-likeness (QED) is 0.272. The summed E-state index contributed by atoms with van der Waals surface area (Å²) in [6.07, 6.45) is 0. The minimum absolute atomic E-state index is 0.00583. The second-order valence-corrected chi connectivity index (χ2v) is 7.07. The second-order valence-electron chi connectivity index (χ2n) is 7.07. The van der Waals surface area contributed by atoms with Crippen molar-refractivity contribution in [2.24, 2.45) is 0 Å². The number of carbonyl (C=O) groups is 1. The van der Waals surface area contributed by atoms with Crippen molar-refractivity contribution in [1.29, 1.82) is 0 Å². The Labute approximate surface area is 208 Å². The van der Waals surface area contributed by atoms with E-state index < -0.39 is 27.2 Å². The fraction of sp³-hybridized carbons (Fsp3) is 0.174. The monoisotopic (exact) mass is 516 g/mol. The van der Waals surface area contributed by atoms with Gasteiger partial charge in [0, 0.05) is 30.3 Å². The molecular weight excluding hydrogens is 496 g/mol. The van der Waals surface area contributed by atoms with Crippen LogP contribution in [0.5, 0.6) is 46.0 Å². The average molecular weight is 516 g/mol. The van der Waals surface area contributed by atoms with E-state index in [-0.39, 0.29) is 51.6 Å². The molecule has 0 saturated carbocycles.